The summed E-state index contributed by atoms with van der Waals surface area (Å²) < 4.78 is 0. The Hall–Kier alpha value is -2.48. The largest absolute Gasteiger partial charge is 0.481 e. The highest BCUT2D eigenvalue weighted by molar-refractivity contribution is 5.67. The van der Waals surface area contributed by atoms with Gasteiger partial charge in [-0.1, -0.05) is 136 Å². The van der Waals surface area contributed by atoms with Gasteiger partial charge in [-0.25, -0.2) is 0 Å². The molecule has 0 aliphatic heterocycles. The Bertz CT molecular complexity index is 760. The second-order valence-electron chi connectivity index (χ2n) is 14.6. The molecule has 0 aromatic carbocycles. The summed E-state index contributed by atoms with van der Waals surface area (Å²) in [6, 6.07) is 0. The number of aliphatic hydroxyl groups is 6. The molecule has 0 rings (SSSR count). The summed E-state index contributed by atoms with van der Waals surface area (Å²) in [7, 11) is 0. The SMILES string of the molecule is CCCCCCCCCCC(=O)O.CCCCCCCCCCC(=O)O.O=C(O)CCCCCCCCCC(=O)O.OCCNCCO.OCCNCCO.OCCNCCO. The first kappa shape index (κ1) is 71.2. The molecule has 0 spiro atoms. The van der Waals surface area contributed by atoms with E-state index in [0.717, 1.165) is 70.6 Å². The van der Waals surface area contributed by atoms with Crippen LogP contribution >= 0.6 is 0 Å². The normalized spacial score (nSPS) is 9.94. The summed E-state index contributed by atoms with van der Waals surface area (Å²) in [5.74, 6) is -2.77. The maximum absolute atomic E-state index is 10.2. The lowest BCUT2D eigenvalue weighted by Crippen LogP contribution is -2.21. The molecular formula is C45H97N3O14. The number of hydrogen-bond acceptors (Lipinski definition) is 13. The van der Waals surface area contributed by atoms with Crippen molar-refractivity contribution in [1.29, 1.82) is 0 Å². The molecule has 376 valence electrons. The van der Waals surface area contributed by atoms with Gasteiger partial charge in [0.15, 0.2) is 0 Å². The van der Waals surface area contributed by atoms with Crippen LogP contribution in [0.1, 0.15) is 187 Å². The van der Waals surface area contributed by atoms with Crippen LogP contribution in [-0.4, -0.2) is 154 Å². The molecule has 0 saturated heterocycles. The van der Waals surface area contributed by atoms with Crippen molar-refractivity contribution in [3.63, 3.8) is 0 Å². The van der Waals surface area contributed by atoms with E-state index in [9.17, 15) is 19.2 Å². The lowest BCUT2D eigenvalue weighted by atomic mass is 10.1. The molecule has 0 aliphatic rings. The summed E-state index contributed by atoms with van der Waals surface area (Å²) in [5.41, 5.74) is 0. The molecule has 0 aromatic rings. The Kier molecular flexibility index (Phi) is 83.7. The Balaban J connectivity index is -0.000000156. The first-order valence-electron chi connectivity index (χ1n) is 23.6. The second kappa shape index (κ2) is 72.9. The maximum Gasteiger partial charge on any atom is 0.303 e. The molecule has 0 amide bonds. The lowest BCUT2D eigenvalue weighted by Gasteiger charge is -1.99. The number of hydrogen-bond donors (Lipinski definition) is 13. The molecule has 0 heterocycles. The molecule has 0 fully saturated rings. The van der Waals surface area contributed by atoms with E-state index >= 15 is 0 Å². The predicted molar refractivity (Wildman–Crippen MR) is 248 cm³/mol. The molecule has 17 heteroatoms. The second-order valence-corrected chi connectivity index (χ2v) is 14.6. The molecule has 17 nitrogen and oxygen atoms in total. The third-order valence-electron chi connectivity index (χ3n) is 8.50. The number of rotatable bonds is 40. The highest BCUT2D eigenvalue weighted by Crippen LogP contribution is 2.11. The number of unbranched alkanes of at least 4 members (excludes halogenated alkanes) is 20. The van der Waals surface area contributed by atoms with Gasteiger partial charge in [-0.3, -0.25) is 19.2 Å². The van der Waals surface area contributed by atoms with Gasteiger partial charge in [-0.2, -0.15) is 0 Å². The predicted octanol–water partition coefficient (Wildman–Crippen LogP) is 5.55. The smallest absolute Gasteiger partial charge is 0.303 e. The fraction of sp³-hybridized carbons (Fsp3) is 0.911. The third-order valence-corrected chi connectivity index (χ3v) is 8.50. The zero-order chi connectivity index (χ0) is 48.0. The Labute approximate surface area is 375 Å². The van der Waals surface area contributed by atoms with Crippen molar-refractivity contribution in [3.05, 3.63) is 0 Å². The first-order valence-corrected chi connectivity index (χ1v) is 23.6. The third kappa shape index (κ3) is 107. The monoisotopic (exact) mass is 904 g/mol. The minimum absolute atomic E-state index is 0.139. The van der Waals surface area contributed by atoms with E-state index in [2.05, 4.69) is 29.8 Å². The summed E-state index contributed by atoms with van der Waals surface area (Å²) in [6.07, 6.45) is 27.3. The number of nitrogens with one attached hydrogen (secondary N) is 3. The maximum atomic E-state index is 10.2. The number of carbonyl (C=O) groups is 4. The fourth-order valence-electron chi connectivity index (χ4n) is 5.11. The molecule has 0 radical (unpaired) electrons. The van der Waals surface area contributed by atoms with Gasteiger partial charge in [0.1, 0.15) is 0 Å². The summed E-state index contributed by atoms with van der Waals surface area (Å²) >= 11 is 0. The Morgan fingerprint density at radius 2 is 0.419 bits per heavy atom. The summed E-state index contributed by atoms with van der Waals surface area (Å²) in [4.78, 5) is 40.7. The van der Waals surface area contributed by atoms with Crippen LogP contribution in [-0.2, 0) is 19.2 Å². The quantitative estimate of drug-likeness (QED) is 0.0335. The molecular weight excluding hydrogens is 807 g/mol. The molecule has 0 saturated carbocycles. The van der Waals surface area contributed by atoms with Crippen molar-refractivity contribution in [1.82, 2.24) is 16.0 Å². The molecule has 0 aromatic heterocycles. The highest BCUT2D eigenvalue weighted by Gasteiger charge is 1.99. The minimum Gasteiger partial charge on any atom is -0.481 e. The molecule has 0 atom stereocenters. The highest BCUT2D eigenvalue weighted by atomic mass is 16.4. The van der Waals surface area contributed by atoms with Crippen LogP contribution < -0.4 is 16.0 Å². The molecule has 62 heavy (non-hydrogen) atoms. The van der Waals surface area contributed by atoms with Gasteiger partial charge in [-0.15, -0.1) is 0 Å². The van der Waals surface area contributed by atoms with E-state index in [-0.39, 0.29) is 52.5 Å². The van der Waals surface area contributed by atoms with Gasteiger partial charge >= 0.3 is 23.9 Å². The van der Waals surface area contributed by atoms with Crippen LogP contribution in [0.2, 0.25) is 0 Å². The van der Waals surface area contributed by atoms with Crippen molar-refractivity contribution < 1.29 is 70.2 Å². The molecule has 0 unspecified atom stereocenters. The van der Waals surface area contributed by atoms with Gasteiger partial charge in [-0.05, 0) is 25.7 Å². The summed E-state index contributed by atoms with van der Waals surface area (Å²) in [5, 5.41) is 90.8. The van der Waals surface area contributed by atoms with Gasteiger partial charge < -0.3 is 67.0 Å². The number of carboxylic acids is 4. The van der Waals surface area contributed by atoms with Gasteiger partial charge in [0, 0.05) is 65.0 Å². The average Bonchev–Trinajstić information content (AvgIpc) is 3.23. The van der Waals surface area contributed by atoms with Crippen molar-refractivity contribution >= 4 is 23.9 Å². The average molecular weight is 904 g/mol. The van der Waals surface area contributed by atoms with Gasteiger partial charge in [0.05, 0.1) is 39.6 Å². The molecule has 13 N–H and O–H groups in total. The van der Waals surface area contributed by atoms with E-state index in [1.165, 1.54) is 77.0 Å². The van der Waals surface area contributed by atoms with Crippen molar-refractivity contribution in [2.45, 2.75) is 187 Å². The van der Waals surface area contributed by atoms with Gasteiger partial charge in [0.25, 0.3) is 0 Å². The zero-order valence-corrected chi connectivity index (χ0v) is 39.2. The zero-order valence-electron chi connectivity index (χ0n) is 39.2. The van der Waals surface area contributed by atoms with E-state index in [1.54, 1.807) is 0 Å². The lowest BCUT2D eigenvalue weighted by molar-refractivity contribution is -0.138. The van der Waals surface area contributed by atoms with E-state index in [0.29, 0.717) is 52.1 Å². The summed E-state index contributed by atoms with van der Waals surface area (Å²) in [6.45, 7) is 8.68. The van der Waals surface area contributed by atoms with Crippen LogP contribution in [0.3, 0.4) is 0 Å². The van der Waals surface area contributed by atoms with Crippen LogP contribution in [0.15, 0.2) is 0 Å². The van der Waals surface area contributed by atoms with Crippen LogP contribution in [0.5, 0.6) is 0 Å². The Morgan fingerprint density at radius 3 is 0.548 bits per heavy atom. The van der Waals surface area contributed by atoms with Crippen LogP contribution in [0.4, 0.5) is 0 Å². The minimum atomic E-state index is -0.726. The number of carboxylic acid groups (broad SMARTS) is 4. The topological polar surface area (TPSA) is 307 Å². The fourth-order valence-corrected chi connectivity index (χ4v) is 5.11. The van der Waals surface area contributed by atoms with Crippen molar-refractivity contribution in [2.24, 2.45) is 0 Å². The van der Waals surface area contributed by atoms with E-state index in [4.69, 9.17) is 51.1 Å². The van der Waals surface area contributed by atoms with Gasteiger partial charge in [0.2, 0.25) is 0 Å². The number of aliphatic hydroxyl groups excluding tert-OH is 6. The molecule has 0 aliphatic carbocycles. The number of aliphatic carboxylic acids is 4. The van der Waals surface area contributed by atoms with E-state index < -0.39 is 23.9 Å². The standard InChI is InChI=1S/C11H20O4.2C11H22O2.3C4H11NO2/c12-10(13)8-6-4-2-1-3-5-7-9-11(14)15;2*1-2-3-4-5-6-7-8-9-10-11(12)13;3*6-3-1-5-2-4-7/h1-9H2,(H,12,13)(H,14,15);2*2-10H2,1H3,(H,12,13);3*5-7H,1-4H2. The molecule has 0 bridgehead atoms. The van der Waals surface area contributed by atoms with Crippen LogP contribution in [0, 0.1) is 0 Å². The van der Waals surface area contributed by atoms with E-state index in [1.807, 2.05) is 0 Å². The first-order chi connectivity index (χ1) is 29.9. The van der Waals surface area contributed by atoms with Crippen LogP contribution in [0.25, 0.3) is 0 Å². The van der Waals surface area contributed by atoms with Crippen molar-refractivity contribution in [2.75, 3.05) is 78.9 Å². The Morgan fingerprint density at radius 1 is 0.274 bits per heavy atom. The van der Waals surface area contributed by atoms with Crippen molar-refractivity contribution in [3.8, 4) is 0 Å².